The Kier molecular flexibility index (Phi) is 5.13. The molecule has 1 amide bonds. The fourth-order valence-electron chi connectivity index (χ4n) is 3.11. The minimum absolute atomic E-state index is 0.142. The highest BCUT2D eigenvalue weighted by atomic mass is 32.2. The van der Waals surface area contributed by atoms with E-state index in [0.29, 0.717) is 33.2 Å². The smallest absolute Gasteiger partial charge is 0.239 e. The van der Waals surface area contributed by atoms with Crippen molar-refractivity contribution in [1.29, 1.82) is 0 Å². The number of fused-ring (bicyclic) bond motifs is 1. The first-order valence-electron chi connectivity index (χ1n) is 9.59. The minimum Gasteiger partial charge on any atom is -0.463 e. The maximum absolute atomic E-state index is 12.8. The lowest BCUT2D eigenvalue weighted by atomic mass is 10.2. The molecule has 0 aliphatic rings. The highest BCUT2D eigenvalue weighted by Crippen LogP contribution is 2.34. The van der Waals surface area contributed by atoms with Crippen LogP contribution in [0.1, 0.15) is 12.5 Å². The second-order valence-electron chi connectivity index (χ2n) is 6.96. The predicted molar refractivity (Wildman–Crippen MR) is 122 cm³/mol. The summed E-state index contributed by atoms with van der Waals surface area (Å²) in [6, 6.07) is 13.3. The molecule has 0 saturated carbocycles. The summed E-state index contributed by atoms with van der Waals surface area (Å²) in [5, 5.41) is 3.71. The van der Waals surface area contributed by atoms with Crippen molar-refractivity contribution < 1.29 is 13.6 Å². The quantitative estimate of drug-likeness (QED) is 0.310. The second-order valence-corrected chi connectivity index (χ2v) is 9.32. The molecule has 1 aromatic carbocycles. The van der Waals surface area contributed by atoms with Crippen molar-refractivity contribution in [3.8, 4) is 22.9 Å². The van der Waals surface area contributed by atoms with Crippen molar-refractivity contribution >= 4 is 44.4 Å². The molecule has 9 heteroatoms. The number of thioether (sulfide) groups is 1. The van der Waals surface area contributed by atoms with Crippen molar-refractivity contribution in [3.05, 3.63) is 60.6 Å². The van der Waals surface area contributed by atoms with Gasteiger partial charge in [-0.2, -0.15) is 0 Å². The summed E-state index contributed by atoms with van der Waals surface area (Å²) in [4.78, 5) is 25.2. The number of imidazole rings is 1. The maximum Gasteiger partial charge on any atom is 0.239 e. The van der Waals surface area contributed by atoms with Gasteiger partial charge in [0.05, 0.1) is 28.0 Å². The van der Waals surface area contributed by atoms with Crippen molar-refractivity contribution in [2.75, 3.05) is 5.32 Å². The van der Waals surface area contributed by atoms with E-state index in [0.717, 1.165) is 15.8 Å². The summed E-state index contributed by atoms with van der Waals surface area (Å²) in [6.07, 6.45) is 3.20. The molecule has 5 rings (SSSR count). The Bertz CT molecular complexity index is 1290. The van der Waals surface area contributed by atoms with Crippen molar-refractivity contribution in [1.82, 2.24) is 15.0 Å². The predicted octanol–water partition coefficient (Wildman–Crippen LogP) is 5.97. The molecule has 156 valence electrons. The normalized spacial score (nSPS) is 12.3. The molecule has 31 heavy (non-hydrogen) atoms. The first kappa shape index (κ1) is 19.7. The zero-order valence-corrected chi connectivity index (χ0v) is 18.3. The lowest BCUT2D eigenvalue weighted by Crippen LogP contribution is -2.22. The maximum atomic E-state index is 12.8. The monoisotopic (exact) mass is 450 g/mol. The average Bonchev–Trinajstić information content (AvgIpc) is 3.52. The topological polar surface area (TPSA) is 97.0 Å². The van der Waals surface area contributed by atoms with Gasteiger partial charge in [0.15, 0.2) is 21.8 Å². The van der Waals surface area contributed by atoms with Crippen molar-refractivity contribution in [2.24, 2.45) is 0 Å². The summed E-state index contributed by atoms with van der Waals surface area (Å²) in [5.41, 5.74) is 3.38. The average molecular weight is 451 g/mol. The number of nitrogens with zero attached hydrogens (tertiary/aromatic N) is 2. The van der Waals surface area contributed by atoms with Gasteiger partial charge in [-0.3, -0.25) is 4.79 Å². The van der Waals surface area contributed by atoms with E-state index in [2.05, 4.69) is 26.3 Å². The van der Waals surface area contributed by atoms with Crippen molar-refractivity contribution in [3.63, 3.8) is 0 Å². The number of hydrogen-bond donors (Lipinski definition) is 2. The lowest BCUT2D eigenvalue weighted by molar-refractivity contribution is -0.115. The van der Waals surface area contributed by atoms with Gasteiger partial charge in [0, 0.05) is 0 Å². The Balaban J connectivity index is 1.35. The fourth-order valence-corrected chi connectivity index (χ4v) is 4.88. The number of amides is 1. The van der Waals surface area contributed by atoms with Crippen LogP contribution in [0.2, 0.25) is 0 Å². The Morgan fingerprint density at radius 2 is 1.90 bits per heavy atom. The highest BCUT2D eigenvalue weighted by Gasteiger charge is 2.22. The van der Waals surface area contributed by atoms with Gasteiger partial charge in [0.1, 0.15) is 11.4 Å². The van der Waals surface area contributed by atoms with E-state index in [4.69, 9.17) is 8.83 Å². The fraction of sp³-hybridized carbons (Fsp3) is 0.136. The summed E-state index contributed by atoms with van der Waals surface area (Å²) >= 11 is 2.79. The van der Waals surface area contributed by atoms with Crippen LogP contribution in [0.3, 0.4) is 0 Å². The van der Waals surface area contributed by atoms with Crippen molar-refractivity contribution in [2.45, 2.75) is 24.3 Å². The molecule has 0 aliphatic heterocycles. The Hall–Kier alpha value is -3.30. The number of H-pyrrole nitrogens is 1. The third-order valence-corrected chi connectivity index (χ3v) is 6.55. The summed E-state index contributed by atoms with van der Waals surface area (Å²) < 4.78 is 12.1. The SMILES string of the molecule is Cc1ccc2nc(NC(=O)C(C)Sc3nc(-c4ccco4)c(-c4ccco4)[nH]3)sc2c1. The molecule has 7 nitrogen and oxygen atoms in total. The van der Waals surface area contributed by atoms with E-state index in [1.54, 1.807) is 18.6 Å². The summed E-state index contributed by atoms with van der Waals surface area (Å²) in [7, 11) is 0. The van der Waals surface area contributed by atoms with Gasteiger partial charge in [0.25, 0.3) is 0 Å². The molecule has 2 N–H and O–H groups in total. The molecule has 0 saturated heterocycles. The molecular formula is C22H18N4O3S2. The number of furan rings is 2. The van der Waals surface area contributed by atoms with Gasteiger partial charge < -0.3 is 19.1 Å². The molecule has 0 bridgehead atoms. The highest BCUT2D eigenvalue weighted by molar-refractivity contribution is 8.00. The Labute approximate surface area is 185 Å². The first-order chi connectivity index (χ1) is 15.1. The van der Waals surface area contributed by atoms with E-state index in [9.17, 15) is 4.79 Å². The Morgan fingerprint density at radius 3 is 2.65 bits per heavy atom. The zero-order valence-electron chi connectivity index (χ0n) is 16.7. The van der Waals surface area contributed by atoms with E-state index < -0.39 is 5.25 Å². The molecule has 4 heterocycles. The molecule has 4 aromatic heterocycles. The molecule has 5 aromatic rings. The van der Waals surface area contributed by atoms with Crippen LogP contribution in [0, 0.1) is 6.92 Å². The third-order valence-electron chi connectivity index (χ3n) is 4.64. The van der Waals surface area contributed by atoms with E-state index in [-0.39, 0.29) is 5.91 Å². The standard InChI is InChI=1S/C22H18N4O3S2/c1-12-7-8-14-17(11-12)31-21(23-14)26-20(27)13(2)30-22-24-18(15-5-3-9-28-15)19(25-22)16-6-4-10-29-16/h3-11,13H,1-2H3,(H,24,25)(H,23,26,27). The van der Waals surface area contributed by atoms with Crippen LogP contribution < -0.4 is 5.32 Å². The van der Waals surface area contributed by atoms with Gasteiger partial charge in [-0.25, -0.2) is 9.97 Å². The number of aryl methyl sites for hydroxylation is 1. The van der Waals surface area contributed by atoms with E-state index in [1.165, 1.54) is 23.1 Å². The number of thiazole rings is 1. The lowest BCUT2D eigenvalue weighted by Gasteiger charge is -2.08. The second kappa shape index (κ2) is 8.09. The number of rotatable bonds is 6. The number of anilines is 1. The molecule has 1 unspecified atom stereocenters. The number of carbonyl (C=O) groups is 1. The number of hydrogen-bond acceptors (Lipinski definition) is 7. The van der Waals surface area contributed by atoms with E-state index in [1.807, 2.05) is 44.2 Å². The number of benzene rings is 1. The van der Waals surface area contributed by atoms with Crippen LogP contribution in [-0.4, -0.2) is 26.1 Å². The van der Waals surface area contributed by atoms with Gasteiger partial charge in [-0.05, 0) is 55.8 Å². The molecular weight excluding hydrogens is 432 g/mol. The van der Waals surface area contributed by atoms with Crippen LogP contribution in [-0.2, 0) is 4.79 Å². The van der Waals surface area contributed by atoms with Gasteiger partial charge in [-0.15, -0.1) is 0 Å². The molecule has 0 spiro atoms. The number of nitrogens with one attached hydrogen (secondary N) is 2. The zero-order chi connectivity index (χ0) is 21.4. The number of aromatic nitrogens is 3. The first-order valence-corrected chi connectivity index (χ1v) is 11.3. The van der Waals surface area contributed by atoms with Gasteiger partial charge >= 0.3 is 0 Å². The van der Waals surface area contributed by atoms with Crippen LogP contribution in [0.5, 0.6) is 0 Å². The molecule has 0 aliphatic carbocycles. The van der Waals surface area contributed by atoms with Crippen LogP contribution in [0.15, 0.2) is 69.0 Å². The van der Waals surface area contributed by atoms with Gasteiger partial charge in [0.2, 0.25) is 5.91 Å². The van der Waals surface area contributed by atoms with E-state index >= 15 is 0 Å². The molecule has 1 atom stereocenters. The summed E-state index contributed by atoms with van der Waals surface area (Å²) in [5.74, 6) is 1.13. The van der Waals surface area contributed by atoms with Crippen LogP contribution >= 0.6 is 23.1 Å². The van der Waals surface area contributed by atoms with Gasteiger partial charge in [-0.1, -0.05) is 29.2 Å². The number of carbonyl (C=O) groups excluding carboxylic acids is 1. The molecule has 0 radical (unpaired) electrons. The summed E-state index contributed by atoms with van der Waals surface area (Å²) in [6.45, 7) is 3.87. The largest absolute Gasteiger partial charge is 0.463 e. The minimum atomic E-state index is -0.395. The van der Waals surface area contributed by atoms with Crippen LogP contribution in [0.4, 0.5) is 5.13 Å². The number of aromatic amines is 1. The Morgan fingerprint density at radius 1 is 1.13 bits per heavy atom. The molecule has 0 fully saturated rings. The third kappa shape index (κ3) is 4.01. The van der Waals surface area contributed by atoms with Crippen LogP contribution in [0.25, 0.3) is 33.1 Å².